The number of hydrogen-bond acceptors (Lipinski definition) is 5. The van der Waals surface area contributed by atoms with Gasteiger partial charge in [-0.15, -0.1) is 24.9 Å². The lowest BCUT2D eigenvalue weighted by Crippen LogP contribution is -2.61. The van der Waals surface area contributed by atoms with Crippen LogP contribution >= 0.6 is 11.8 Å². The van der Waals surface area contributed by atoms with Crippen LogP contribution in [0.1, 0.15) is 53.9 Å². The Morgan fingerprint density at radius 1 is 1.26 bits per heavy atom. The minimum absolute atomic E-state index is 0.0109. The van der Waals surface area contributed by atoms with Crippen LogP contribution in [-0.2, 0) is 14.4 Å². The van der Waals surface area contributed by atoms with E-state index in [-0.39, 0.29) is 35.5 Å². The molecule has 0 saturated carbocycles. The third-order valence-corrected chi connectivity index (χ3v) is 10.2. The minimum Gasteiger partial charge on any atom is -0.394 e. The van der Waals surface area contributed by atoms with Gasteiger partial charge in [0.05, 0.1) is 29.2 Å². The van der Waals surface area contributed by atoms with Crippen molar-refractivity contribution in [2.24, 2.45) is 17.8 Å². The second-order valence-corrected chi connectivity index (χ2v) is 13.0. The van der Waals surface area contributed by atoms with E-state index in [1.165, 1.54) is 0 Å². The van der Waals surface area contributed by atoms with Gasteiger partial charge in [-0.25, -0.2) is 0 Å². The predicted molar refractivity (Wildman–Crippen MR) is 141 cm³/mol. The highest BCUT2D eigenvalue weighted by molar-refractivity contribution is 8.02. The Morgan fingerprint density at radius 2 is 1.89 bits per heavy atom. The van der Waals surface area contributed by atoms with Gasteiger partial charge in [-0.3, -0.25) is 14.4 Å². The molecule has 196 valence electrons. The molecule has 7 atom stereocenters. The van der Waals surface area contributed by atoms with Gasteiger partial charge in [-0.05, 0) is 39.5 Å². The first kappa shape index (κ1) is 27.8. The van der Waals surface area contributed by atoms with Gasteiger partial charge in [0.15, 0.2) is 0 Å². The number of aliphatic hydroxyl groups is 1. The Morgan fingerprint density at radius 3 is 2.40 bits per heavy atom. The molecule has 3 aliphatic heterocycles. The van der Waals surface area contributed by atoms with Crippen molar-refractivity contribution in [1.82, 2.24) is 14.7 Å². The normalized spacial score (nSPS) is 31.2. The summed E-state index contributed by atoms with van der Waals surface area (Å²) in [7, 11) is 1.74. The number of hydrogen-bond donors (Lipinski definition) is 1. The highest BCUT2D eigenvalue weighted by Crippen LogP contribution is 2.67. The fraction of sp³-hybridized carbons (Fsp3) is 0.741. The zero-order valence-electron chi connectivity index (χ0n) is 22.2. The van der Waals surface area contributed by atoms with Crippen molar-refractivity contribution in [1.29, 1.82) is 0 Å². The summed E-state index contributed by atoms with van der Waals surface area (Å²) in [5.41, 5.74) is -0.472. The van der Waals surface area contributed by atoms with Crippen LogP contribution in [0.2, 0.25) is 0 Å². The third kappa shape index (κ3) is 4.45. The number of thioether (sulfide) groups is 1. The zero-order chi connectivity index (χ0) is 26.3. The van der Waals surface area contributed by atoms with E-state index in [2.05, 4.69) is 13.2 Å². The molecular weight excluding hydrogens is 462 g/mol. The standard InChI is InChI=1S/C27H43N3O4S/c1-9-14-28(8)23(32)20-19-12-13-27(35-19)21(20)24(33)30(18(16-31)17(4)11-3)22(27)25(34)29(15-10-2)26(5,6)7/h9-10,17-22,31H,1-2,11-16H2,3-8H3/t17-,18-,19+,20-,21-,22?,27?/m0/s1. The molecule has 7 nitrogen and oxygen atoms in total. The molecule has 0 aliphatic carbocycles. The van der Waals surface area contributed by atoms with Gasteiger partial charge >= 0.3 is 0 Å². The number of carbonyl (C=O) groups is 3. The number of carbonyl (C=O) groups excluding carboxylic acids is 3. The number of rotatable bonds is 10. The second kappa shape index (κ2) is 10.3. The van der Waals surface area contributed by atoms with Gasteiger partial charge in [0.25, 0.3) is 0 Å². The van der Waals surface area contributed by atoms with E-state index in [4.69, 9.17) is 0 Å². The number of aliphatic hydroxyl groups excluding tert-OH is 1. The van der Waals surface area contributed by atoms with Crippen molar-refractivity contribution >= 4 is 29.5 Å². The highest BCUT2D eigenvalue weighted by Gasteiger charge is 2.74. The predicted octanol–water partition coefficient (Wildman–Crippen LogP) is 2.94. The lowest BCUT2D eigenvalue weighted by molar-refractivity contribution is -0.149. The molecule has 0 aromatic carbocycles. The van der Waals surface area contributed by atoms with Crippen LogP contribution in [0.25, 0.3) is 0 Å². The van der Waals surface area contributed by atoms with Crippen LogP contribution in [0.4, 0.5) is 0 Å². The quantitative estimate of drug-likeness (QED) is 0.462. The molecule has 1 N–H and O–H groups in total. The molecule has 3 rings (SSSR count). The summed E-state index contributed by atoms with van der Waals surface area (Å²) >= 11 is 1.67. The van der Waals surface area contributed by atoms with E-state index < -0.39 is 34.2 Å². The molecule has 3 amide bonds. The van der Waals surface area contributed by atoms with Crippen LogP contribution in [0.15, 0.2) is 25.3 Å². The molecule has 2 unspecified atom stereocenters. The fourth-order valence-corrected chi connectivity index (χ4v) is 8.53. The van der Waals surface area contributed by atoms with E-state index in [1.54, 1.807) is 45.7 Å². The molecule has 0 radical (unpaired) electrons. The van der Waals surface area contributed by atoms with Crippen LogP contribution < -0.4 is 0 Å². The molecule has 0 aromatic rings. The lowest BCUT2D eigenvalue weighted by atomic mass is 9.70. The summed E-state index contributed by atoms with van der Waals surface area (Å²) in [6.07, 6.45) is 5.68. The molecule has 3 fully saturated rings. The van der Waals surface area contributed by atoms with Gasteiger partial charge in [-0.1, -0.05) is 32.4 Å². The maximum Gasteiger partial charge on any atom is 0.247 e. The molecule has 3 aliphatic rings. The van der Waals surface area contributed by atoms with Crippen molar-refractivity contribution in [3.63, 3.8) is 0 Å². The van der Waals surface area contributed by atoms with Gasteiger partial charge in [0.2, 0.25) is 17.7 Å². The smallest absolute Gasteiger partial charge is 0.247 e. The van der Waals surface area contributed by atoms with Crippen molar-refractivity contribution in [2.45, 2.75) is 81.5 Å². The molecule has 8 heteroatoms. The monoisotopic (exact) mass is 505 g/mol. The van der Waals surface area contributed by atoms with Crippen molar-refractivity contribution in [3.05, 3.63) is 25.3 Å². The van der Waals surface area contributed by atoms with E-state index in [1.807, 2.05) is 34.6 Å². The largest absolute Gasteiger partial charge is 0.394 e. The molecule has 35 heavy (non-hydrogen) atoms. The molecule has 2 bridgehead atoms. The Bertz CT molecular complexity index is 871. The summed E-state index contributed by atoms with van der Waals surface area (Å²) < 4.78 is -0.667. The van der Waals surface area contributed by atoms with Crippen LogP contribution in [-0.4, -0.2) is 91.9 Å². The summed E-state index contributed by atoms with van der Waals surface area (Å²) in [5, 5.41) is 10.5. The maximum absolute atomic E-state index is 14.4. The zero-order valence-corrected chi connectivity index (χ0v) is 23.0. The number of likely N-dealkylation sites (N-methyl/N-ethyl adjacent to an activating group) is 1. The number of fused-ring (bicyclic) bond motifs is 1. The van der Waals surface area contributed by atoms with E-state index in [0.29, 0.717) is 19.5 Å². The first-order valence-electron chi connectivity index (χ1n) is 12.8. The summed E-state index contributed by atoms with van der Waals surface area (Å²) in [6.45, 7) is 18.2. The summed E-state index contributed by atoms with van der Waals surface area (Å²) in [5.74, 6) is -1.35. The average Bonchev–Trinajstić information content (AvgIpc) is 3.44. The van der Waals surface area contributed by atoms with Gasteiger partial charge in [-0.2, -0.15) is 0 Å². The number of nitrogens with zero attached hydrogens (tertiary/aromatic N) is 3. The minimum atomic E-state index is -0.720. The van der Waals surface area contributed by atoms with Crippen molar-refractivity contribution < 1.29 is 19.5 Å². The Hall–Kier alpha value is -1.80. The maximum atomic E-state index is 14.4. The Kier molecular flexibility index (Phi) is 8.17. The third-order valence-electron chi connectivity index (χ3n) is 8.27. The van der Waals surface area contributed by atoms with Gasteiger partial charge in [0.1, 0.15) is 6.04 Å². The van der Waals surface area contributed by atoms with Crippen molar-refractivity contribution in [3.8, 4) is 0 Å². The Balaban J connectivity index is 2.15. The summed E-state index contributed by atoms with van der Waals surface area (Å²) in [6, 6.07) is -1.20. The average molecular weight is 506 g/mol. The van der Waals surface area contributed by atoms with Gasteiger partial charge in [0, 0.05) is 30.9 Å². The van der Waals surface area contributed by atoms with E-state index in [9.17, 15) is 19.5 Å². The number of likely N-dealkylation sites (tertiary alicyclic amines) is 1. The first-order valence-corrected chi connectivity index (χ1v) is 13.7. The van der Waals surface area contributed by atoms with Crippen molar-refractivity contribution in [2.75, 3.05) is 26.7 Å². The first-order chi connectivity index (χ1) is 16.4. The van der Waals surface area contributed by atoms with E-state index in [0.717, 1.165) is 12.8 Å². The van der Waals surface area contributed by atoms with Crippen LogP contribution in [0.3, 0.4) is 0 Å². The lowest BCUT2D eigenvalue weighted by Gasteiger charge is -2.44. The van der Waals surface area contributed by atoms with Gasteiger partial charge < -0.3 is 19.8 Å². The molecular formula is C27H43N3O4S. The summed E-state index contributed by atoms with van der Waals surface area (Å²) in [4.78, 5) is 47.3. The molecule has 0 aromatic heterocycles. The van der Waals surface area contributed by atoms with Crippen LogP contribution in [0, 0.1) is 17.8 Å². The highest BCUT2D eigenvalue weighted by atomic mass is 32.2. The SMILES string of the molecule is C=CCN(C)C(=O)[C@@H]1[C@H]2C(=O)N([C@@H](CO)[C@@H](C)CC)C(C(=O)N(CC=C)C(C)(C)C)C23CC[C@H]1S3. The Labute approximate surface area is 215 Å². The second-order valence-electron chi connectivity index (χ2n) is 11.4. The fourth-order valence-electron chi connectivity index (χ4n) is 6.33. The molecule has 3 saturated heterocycles. The molecule has 3 heterocycles. The van der Waals surface area contributed by atoms with Crippen LogP contribution in [0.5, 0.6) is 0 Å². The topological polar surface area (TPSA) is 81.2 Å². The number of amides is 3. The molecule has 1 spiro atoms. The van der Waals surface area contributed by atoms with E-state index >= 15 is 0 Å².